The quantitative estimate of drug-likeness (QED) is 0.523. The molecule has 0 amide bonds. The summed E-state index contributed by atoms with van der Waals surface area (Å²) in [5.74, 6) is 0. The first-order chi connectivity index (χ1) is 9.74. The minimum absolute atomic E-state index is 0.0315. The van der Waals surface area contributed by atoms with Crippen LogP contribution in [0.15, 0.2) is 24.3 Å². The summed E-state index contributed by atoms with van der Waals surface area (Å²) in [5.41, 5.74) is -1.37. The van der Waals surface area contributed by atoms with Gasteiger partial charge in [0.1, 0.15) is 5.69 Å². The van der Waals surface area contributed by atoms with E-state index in [1.165, 1.54) is 12.1 Å². The average molecular weight is 355 g/mol. The third-order valence-electron chi connectivity index (χ3n) is 2.59. The van der Waals surface area contributed by atoms with E-state index in [0.29, 0.717) is 12.4 Å². The zero-order chi connectivity index (χ0) is 15.8. The molecule has 0 aliphatic rings. The Kier molecular flexibility index (Phi) is 4.46. The summed E-state index contributed by atoms with van der Waals surface area (Å²) in [6.45, 7) is 0. The Hall–Kier alpha value is -1.30. The average Bonchev–Trinajstić information content (AvgIpc) is 2.41. The first kappa shape index (κ1) is 16.1. The fourth-order valence-electron chi connectivity index (χ4n) is 1.67. The van der Waals surface area contributed by atoms with Crippen LogP contribution in [0.5, 0.6) is 0 Å². The first-order valence-corrected chi connectivity index (χ1v) is 6.55. The summed E-state index contributed by atoms with van der Waals surface area (Å²) < 4.78 is 38.2. The van der Waals surface area contributed by atoms with Gasteiger partial charge < -0.3 is 0 Å². The number of hydrogen-bond donors (Lipinski definition) is 0. The second kappa shape index (κ2) is 5.83. The molecule has 0 unspecified atom stereocenters. The lowest BCUT2D eigenvalue weighted by atomic mass is 10.1. The summed E-state index contributed by atoms with van der Waals surface area (Å²) in [4.78, 5) is 14.5. The van der Waals surface area contributed by atoms with Crippen molar-refractivity contribution in [3.63, 3.8) is 0 Å². The van der Waals surface area contributed by atoms with Crippen LogP contribution in [0.25, 0.3) is 11.3 Å². The van der Waals surface area contributed by atoms with E-state index in [-0.39, 0.29) is 31.9 Å². The standard InChI is InChI=1S/C13H5Cl3F3NO/c14-7-3-8(11(16)9(15)4-7)12-6(5-21)1-2-10(20-12)13(17,18)19/h1-5H. The smallest absolute Gasteiger partial charge is 0.298 e. The highest BCUT2D eigenvalue weighted by Gasteiger charge is 2.33. The van der Waals surface area contributed by atoms with E-state index < -0.39 is 11.9 Å². The molecule has 110 valence electrons. The molecule has 21 heavy (non-hydrogen) atoms. The van der Waals surface area contributed by atoms with Crippen molar-refractivity contribution in [2.45, 2.75) is 6.18 Å². The van der Waals surface area contributed by atoms with E-state index in [2.05, 4.69) is 4.98 Å². The van der Waals surface area contributed by atoms with Gasteiger partial charge in [0.25, 0.3) is 0 Å². The van der Waals surface area contributed by atoms with Gasteiger partial charge in [-0.05, 0) is 24.3 Å². The predicted octanol–water partition coefficient (Wildman–Crippen LogP) is 5.54. The van der Waals surface area contributed by atoms with E-state index in [4.69, 9.17) is 34.8 Å². The molecule has 1 heterocycles. The topological polar surface area (TPSA) is 30.0 Å². The Morgan fingerprint density at radius 2 is 1.76 bits per heavy atom. The molecule has 0 N–H and O–H groups in total. The molecule has 0 fully saturated rings. The monoisotopic (exact) mass is 353 g/mol. The van der Waals surface area contributed by atoms with Crippen LogP contribution in [0.3, 0.4) is 0 Å². The number of carbonyl (C=O) groups is 1. The molecule has 0 aliphatic heterocycles. The van der Waals surface area contributed by atoms with Gasteiger partial charge in [0.2, 0.25) is 0 Å². The lowest BCUT2D eigenvalue weighted by Gasteiger charge is -2.12. The van der Waals surface area contributed by atoms with Gasteiger partial charge in [-0.15, -0.1) is 0 Å². The van der Waals surface area contributed by atoms with Crippen molar-refractivity contribution >= 4 is 41.1 Å². The Balaban J connectivity index is 2.76. The van der Waals surface area contributed by atoms with Crippen LogP contribution < -0.4 is 0 Å². The molecule has 0 spiro atoms. The molecule has 2 rings (SSSR count). The molecule has 0 saturated carbocycles. The predicted molar refractivity (Wildman–Crippen MR) is 75.1 cm³/mol. The lowest BCUT2D eigenvalue weighted by molar-refractivity contribution is -0.141. The molecule has 2 aromatic rings. The van der Waals surface area contributed by atoms with Gasteiger partial charge in [-0.3, -0.25) is 4.79 Å². The maximum absolute atomic E-state index is 12.7. The maximum atomic E-state index is 12.7. The number of pyridine rings is 1. The molecule has 0 atom stereocenters. The van der Waals surface area contributed by atoms with Gasteiger partial charge >= 0.3 is 6.18 Å². The third-order valence-corrected chi connectivity index (χ3v) is 3.61. The highest BCUT2D eigenvalue weighted by molar-refractivity contribution is 6.45. The van der Waals surface area contributed by atoms with E-state index in [9.17, 15) is 18.0 Å². The number of benzene rings is 1. The summed E-state index contributed by atoms with van der Waals surface area (Å²) in [6, 6.07) is 4.37. The van der Waals surface area contributed by atoms with Gasteiger partial charge in [0, 0.05) is 16.1 Å². The molecular weight excluding hydrogens is 350 g/mol. The lowest BCUT2D eigenvalue weighted by Crippen LogP contribution is -2.09. The van der Waals surface area contributed by atoms with Gasteiger partial charge in [0.05, 0.1) is 15.7 Å². The Labute approximate surface area is 132 Å². The summed E-state index contributed by atoms with van der Waals surface area (Å²) in [6.07, 6.45) is -4.27. The number of nitrogens with zero attached hydrogens (tertiary/aromatic N) is 1. The molecule has 0 bridgehead atoms. The highest BCUT2D eigenvalue weighted by atomic mass is 35.5. The fourth-order valence-corrected chi connectivity index (χ4v) is 2.36. The van der Waals surface area contributed by atoms with Gasteiger partial charge in [-0.25, -0.2) is 4.98 Å². The number of aldehydes is 1. The van der Waals surface area contributed by atoms with Gasteiger partial charge in [0.15, 0.2) is 6.29 Å². The van der Waals surface area contributed by atoms with E-state index in [1.807, 2.05) is 0 Å². The number of carbonyl (C=O) groups excluding carboxylic acids is 1. The van der Waals surface area contributed by atoms with Gasteiger partial charge in [-0.2, -0.15) is 13.2 Å². The Bertz CT molecular complexity index is 717. The molecule has 0 aliphatic carbocycles. The van der Waals surface area contributed by atoms with Crippen molar-refractivity contribution in [1.29, 1.82) is 0 Å². The zero-order valence-electron chi connectivity index (χ0n) is 10.0. The second-order valence-corrected chi connectivity index (χ2v) is 5.22. The van der Waals surface area contributed by atoms with Crippen molar-refractivity contribution < 1.29 is 18.0 Å². The summed E-state index contributed by atoms with van der Waals surface area (Å²) in [7, 11) is 0. The molecular formula is C13H5Cl3F3NO. The van der Waals surface area contributed by atoms with Crippen molar-refractivity contribution in [2.24, 2.45) is 0 Å². The summed E-state index contributed by atoms with van der Waals surface area (Å²) in [5, 5.41) is 0.182. The number of alkyl halides is 3. The van der Waals surface area contributed by atoms with Crippen LogP contribution in [0.1, 0.15) is 16.1 Å². The largest absolute Gasteiger partial charge is 0.433 e. The van der Waals surface area contributed by atoms with Crippen molar-refractivity contribution in [3.8, 4) is 11.3 Å². The highest BCUT2D eigenvalue weighted by Crippen LogP contribution is 2.38. The SMILES string of the molecule is O=Cc1ccc(C(F)(F)F)nc1-c1cc(Cl)cc(Cl)c1Cl. The fraction of sp³-hybridized carbons (Fsp3) is 0.0769. The van der Waals surface area contributed by atoms with Gasteiger partial charge in [-0.1, -0.05) is 34.8 Å². The number of rotatable bonds is 2. The maximum Gasteiger partial charge on any atom is 0.433 e. The molecule has 2 nitrogen and oxygen atoms in total. The van der Waals surface area contributed by atoms with Crippen LogP contribution in [0.2, 0.25) is 15.1 Å². The Morgan fingerprint density at radius 1 is 1.10 bits per heavy atom. The number of halogens is 6. The van der Waals surface area contributed by atoms with Crippen LogP contribution in [0, 0.1) is 0 Å². The van der Waals surface area contributed by atoms with E-state index in [1.54, 1.807) is 0 Å². The van der Waals surface area contributed by atoms with E-state index >= 15 is 0 Å². The van der Waals surface area contributed by atoms with Crippen molar-refractivity contribution in [3.05, 3.63) is 50.6 Å². The zero-order valence-corrected chi connectivity index (χ0v) is 12.3. The normalized spacial score (nSPS) is 11.5. The van der Waals surface area contributed by atoms with Crippen molar-refractivity contribution in [1.82, 2.24) is 4.98 Å². The van der Waals surface area contributed by atoms with Crippen LogP contribution in [0.4, 0.5) is 13.2 Å². The first-order valence-electron chi connectivity index (χ1n) is 5.42. The second-order valence-electron chi connectivity index (χ2n) is 4.00. The van der Waals surface area contributed by atoms with E-state index in [0.717, 1.165) is 6.07 Å². The third kappa shape index (κ3) is 3.31. The van der Waals surface area contributed by atoms with Crippen molar-refractivity contribution in [2.75, 3.05) is 0 Å². The summed E-state index contributed by atoms with van der Waals surface area (Å²) >= 11 is 17.6. The Morgan fingerprint density at radius 3 is 2.33 bits per heavy atom. The number of hydrogen-bond acceptors (Lipinski definition) is 2. The molecule has 1 aromatic carbocycles. The number of aromatic nitrogens is 1. The van der Waals surface area contributed by atoms with Crippen LogP contribution in [-0.4, -0.2) is 11.3 Å². The molecule has 0 radical (unpaired) electrons. The molecule has 1 aromatic heterocycles. The van der Waals surface area contributed by atoms with Crippen LogP contribution >= 0.6 is 34.8 Å². The van der Waals surface area contributed by atoms with Crippen LogP contribution in [-0.2, 0) is 6.18 Å². The molecule has 8 heteroatoms. The minimum atomic E-state index is -4.65. The minimum Gasteiger partial charge on any atom is -0.298 e. The molecule has 0 saturated heterocycles.